The van der Waals surface area contributed by atoms with Crippen LogP contribution in [0.15, 0.2) is 42.5 Å². The van der Waals surface area contributed by atoms with Crippen LogP contribution in [0, 0.1) is 0 Å². The van der Waals surface area contributed by atoms with Crippen LogP contribution in [0.3, 0.4) is 0 Å². The molecule has 1 aliphatic heterocycles. The Morgan fingerprint density at radius 1 is 1.22 bits per heavy atom. The summed E-state index contributed by atoms with van der Waals surface area (Å²) in [7, 11) is 0. The topological polar surface area (TPSA) is 44.4 Å². The summed E-state index contributed by atoms with van der Waals surface area (Å²) < 4.78 is 0. The summed E-state index contributed by atoms with van der Waals surface area (Å²) in [5, 5.41) is 7.31. The van der Waals surface area contributed by atoms with Crippen molar-refractivity contribution < 1.29 is 4.79 Å². The number of thiocarbonyl (C=S) groups is 1. The molecule has 0 aromatic heterocycles. The molecule has 0 bridgehead atoms. The summed E-state index contributed by atoms with van der Waals surface area (Å²) >= 11 is 11.4. The van der Waals surface area contributed by atoms with Gasteiger partial charge in [-0.05, 0) is 54.5 Å². The van der Waals surface area contributed by atoms with Crippen LogP contribution in [0.1, 0.15) is 12.5 Å². The highest BCUT2D eigenvalue weighted by atomic mass is 35.5. The van der Waals surface area contributed by atoms with Crippen LogP contribution in [0.5, 0.6) is 0 Å². The van der Waals surface area contributed by atoms with Crippen molar-refractivity contribution in [2.75, 3.05) is 22.1 Å². The minimum Gasteiger partial charge on any atom is -0.332 e. The lowest BCUT2D eigenvalue weighted by atomic mass is 10.1. The Bertz CT molecular complexity index is 778. The molecule has 1 aliphatic rings. The van der Waals surface area contributed by atoms with Crippen LogP contribution in [0.25, 0.3) is 0 Å². The standard InChI is InChI=1S/C17H16ClN3OS/c1-11(22)21-9-8-12-10-13(6-7-16(12)21)19-17(23)20-15-5-3-2-4-14(15)18/h2-7,10H,8-9H2,1H3,(H2,19,20,23). The van der Waals surface area contributed by atoms with E-state index in [1.54, 1.807) is 17.9 Å². The fraction of sp³-hybridized carbons (Fsp3) is 0.176. The number of benzene rings is 2. The van der Waals surface area contributed by atoms with Gasteiger partial charge in [-0.15, -0.1) is 0 Å². The number of halogens is 1. The maximum Gasteiger partial charge on any atom is 0.223 e. The second-order valence-electron chi connectivity index (χ2n) is 5.32. The fourth-order valence-electron chi connectivity index (χ4n) is 2.65. The van der Waals surface area contributed by atoms with Gasteiger partial charge in [-0.1, -0.05) is 23.7 Å². The molecule has 3 rings (SSSR count). The Hall–Kier alpha value is -2.11. The van der Waals surface area contributed by atoms with Crippen LogP contribution < -0.4 is 15.5 Å². The van der Waals surface area contributed by atoms with E-state index in [0.717, 1.165) is 35.6 Å². The first kappa shape index (κ1) is 15.8. The van der Waals surface area contributed by atoms with Gasteiger partial charge in [0.05, 0.1) is 10.7 Å². The molecule has 0 aliphatic carbocycles. The number of nitrogens with one attached hydrogen (secondary N) is 2. The lowest BCUT2D eigenvalue weighted by Gasteiger charge is -2.16. The van der Waals surface area contributed by atoms with E-state index in [1.165, 1.54) is 0 Å². The van der Waals surface area contributed by atoms with E-state index >= 15 is 0 Å². The molecule has 2 aromatic carbocycles. The van der Waals surface area contributed by atoms with E-state index in [4.69, 9.17) is 23.8 Å². The van der Waals surface area contributed by atoms with Gasteiger partial charge >= 0.3 is 0 Å². The molecule has 2 N–H and O–H groups in total. The average Bonchev–Trinajstić information content (AvgIpc) is 2.93. The first-order chi connectivity index (χ1) is 11.0. The van der Waals surface area contributed by atoms with E-state index in [1.807, 2.05) is 36.4 Å². The van der Waals surface area contributed by atoms with Crippen molar-refractivity contribution in [1.82, 2.24) is 0 Å². The second kappa shape index (κ2) is 6.56. The number of amides is 1. The van der Waals surface area contributed by atoms with Gasteiger partial charge < -0.3 is 15.5 Å². The predicted octanol–water partition coefficient (Wildman–Crippen LogP) is 4.06. The fourth-order valence-corrected chi connectivity index (χ4v) is 3.06. The summed E-state index contributed by atoms with van der Waals surface area (Å²) in [6, 6.07) is 13.3. The molecule has 1 heterocycles. The molecule has 0 unspecified atom stereocenters. The van der Waals surface area contributed by atoms with E-state index in [9.17, 15) is 4.79 Å². The van der Waals surface area contributed by atoms with Crippen LogP contribution in [0.2, 0.25) is 5.02 Å². The maximum absolute atomic E-state index is 11.6. The Morgan fingerprint density at radius 2 is 2.00 bits per heavy atom. The number of rotatable bonds is 2. The summed E-state index contributed by atoms with van der Waals surface area (Å²) in [6.07, 6.45) is 0.856. The molecule has 0 fully saturated rings. The molecule has 23 heavy (non-hydrogen) atoms. The van der Waals surface area contributed by atoms with Gasteiger partial charge in [0.25, 0.3) is 0 Å². The zero-order valence-electron chi connectivity index (χ0n) is 12.6. The Kier molecular flexibility index (Phi) is 4.50. The molecule has 0 saturated carbocycles. The van der Waals surface area contributed by atoms with E-state index in [2.05, 4.69) is 10.6 Å². The van der Waals surface area contributed by atoms with Gasteiger partial charge in [0.15, 0.2) is 5.11 Å². The van der Waals surface area contributed by atoms with Gasteiger partial charge in [0, 0.05) is 24.8 Å². The minimum absolute atomic E-state index is 0.0698. The van der Waals surface area contributed by atoms with Crippen LogP contribution in [-0.4, -0.2) is 17.6 Å². The number of fused-ring (bicyclic) bond motifs is 1. The molecule has 118 valence electrons. The molecular weight excluding hydrogens is 330 g/mol. The third kappa shape index (κ3) is 3.46. The second-order valence-corrected chi connectivity index (χ2v) is 6.14. The predicted molar refractivity (Wildman–Crippen MR) is 99.5 cm³/mol. The summed E-state index contributed by atoms with van der Waals surface area (Å²) in [5.74, 6) is 0.0698. The maximum atomic E-state index is 11.6. The average molecular weight is 346 g/mol. The molecule has 0 atom stereocenters. The number of hydrogen-bond donors (Lipinski definition) is 2. The monoisotopic (exact) mass is 345 g/mol. The number of carbonyl (C=O) groups is 1. The number of hydrogen-bond acceptors (Lipinski definition) is 2. The minimum atomic E-state index is 0.0698. The zero-order valence-corrected chi connectivity index (χ0v) is 14.2. The molecule has 1 amide bonds. The summed E-state index contributed by atoms with van der Waals surface area (Å²) in [5.41, 5.74) is 3.77. The van der Waals surface area contributed by atoms with Crippen molar-refractivity contribution in [3.63, 3.8) is 0 Å². The molecule has 6 heteroatoms. The van der Waals surface area contributed by atoms with E-state index in [0.29, 0.717) is 10.1 Å². The summed E-state index contributed by atoms with van der Waals surface area (Å²) in [6.45, 7) is 2.32. The van der Waals surface area contributed by atoms with Crippen LogP contribution in [-0.2, 0) is 11.2 Å². The quantitative estimate of drug-likeness (QED) is 0.806. The van der Waals surface area contributed by atoms with Crippen molar-refractivity contribution >= 4 is 51.9 Å². The Morgan fingerprint density at radius 3 is 2.74 bits per heavy atom. The van der Waals surface area contributed by atoms with Gasteiger partial charge in [-0.2, -0.15) is 0 Å². The first-order valence-electron chi connectivity index (χ1n) is 7.28. The van der Waals surface area contributed by atoms with Crippen molar-refractivity contribution in [3.05, 3.63) is 53.1 Å². The molecule has 0 saturated heterocycles. The Labute approximate surface area is 145 Å². The highest BCUT2D eigenvalue weighted by Crippen LogP contribution is 2.30. The third-order valence-electron chi connectivity index (χ3n) is 3.74. The van der Waals surface area contributed by atoms with E-state index in [-0.39, 0.29) is 5.91 Å². The Balaban J connectivity index is 1.71. The van der Waals surface area contributed by atoms with E-state index < -0.39 is 0 Å². The van der Waals surface area contributed by atoms with Crippen LogP contribution in [0.4, 0.5) is 17.1 Å². The largest absolute Gasteiger partial charge is 0.332 e. The number of nitrogens with zero attached hydrogens (tertiary/aromatic N) is 1. The SMILES string of the molecule is CC(=O)N1CCc2cc(NC(=S)Nc3ccccc3Cl)ccc21. The number of anilines is 3. The van der Waals surface area contributed by atoms with Crippen molar-refractivity contribution in [2.45, 2.75) is 13.3 Å². The highest BCUT2D eigenvalue weighted by Gasteiger charge is 2.22. The lowest BCUT2D eigenvalue weighted by Crippen LogP contribution is -2.25. The highest BCUT2D eigenvalue weighted by molar-refractivity contribution is 7.80. The normalized spacial score (nSPS) is 12.7. The van der Waals surface area contributed by atoms with Gasteiger partial charge in [0.2, 0.25) is 5.91 Å². The van der Waals surface area contributed by atoms with Gasteiger partial charge in [-0.25, -0.2) is 0 Å². The lowest BCUT2D eigenvalue weighted by molar-refractivity contribution is -0.116. The first-order valence-corrected chi connectivity index (χ1v) is 8.07. The molecule has 0 spiro atoms. The molecule has 2 aromatic rings. The van der Waals surface area contributed by atoms with Crippen LogP contribution >= 0.6 is 23.8 Å². The van der Waals surface area contributed by atoms with Crippen molar-refractivity contribution in [2.24, 2.45) is 0 Å². The molecule has 0 radical (unpaired) electrons. The zero-order chi connectivity index (χ0) is 16.4. The number of para-hydroxylation sites is 1. The summed E-state index contributed by atoms with van der Waals surface area (Å²) in [4.78, 5) is 13.4. The van der Waals surface area contributed by atoms with Crippen molar-refractivity contribution in [1.29, 1.82) is 0 Å². The van der Waals surface area contributed by atoms with Crippen molar-refractivity contribution in [3.8, 4) is 0 Å². The third-order valence-corrected chi connectivity index (χ3v) is 4.27. The van der Waals surface area contributed by atoms with Gasteiger partial charge in [-0.3, -0.25) is 4.79 Å². The number of carbonyl (C=O) groups excluding carboxylic acids is 1. The van der Waals surface area contributed by atoms with Gasteiger partial charge in [0.1, 0.15) is 0 Å². The smallest absolute Gasteiger partial charge is 0.223 e. The molecule has 4 nitrogen and oxygen atoms in total. The molecular formula is C17H16ClN3OS.